The predicted molar refractivity (Wildman–Crippen MR) is 65.8 cm³/mol. The summed E-state index contributed by atoms with van der Waals surface area (Å²) in [5, 5.41) is 18.8. The van der Waals surface area contributed by atoms with Crippen LogP contribution in [0.4, 0.5) is 0 Å². The standard InChI is InChI=1S/C12H21NO3Si/c1-8-11(14)12-9(7-17(2,3)16-12)10(15-8)5-4-6-13/h8-12,14H,4-5,7H2,1-3H3/t8-,9-,10-,11-,12-/m0/s1. The summed E-state index contributed by atoms with van der Waals surface area (Å²) in [6.45, 7) is 6.25. The topological polar surface area (TPSA) is 62.5 Å². The third kappa shape index (κ3) is 2.55. The highest BCUT2D eigenvalue weighted by Crippen LogP contribution is 2.42. The molecular weight excluding hydrogens is 234 g/mol. The van der Waals surface area contributed by atoms with Gasteiger partial charge in [0.2, 0.25) is 0 Å². The molecule has 0 aliphatic carbocycles. The van der Waals surface area contributed by atoms with Crippen molar-refractivity contribution in [2.24, 2.45) is 5.92 Å². The van der Waals surface area contributed by atoms with Crippen molar-refractivity contribution < 1.29 is 14.3 Å². The van der Waals surface area contributed by atoms with E-state index in [0.29, 0.717) is 6.42 Å². The van der Waals surface area contributed by atoms with E-state index in [2.05, 4.69) is 19.2 Å². The molecule has 4 nitrogen and oxygen atoms in total. The monoisotopic (exact) mass is 255 g/mol. The van der Waals surface area contributed by atoms with Crippen LogP contribution in [0.25, 0.3) is 0 Å². The first-order valence-electron chi connectivity index (χ1n) is 6.33. The van der Waals surface area contributed by atoms with E-state index in [1.807, 2.05) is 6.92 Å². The Bertz CT molecular complexity index is 328. The molecule has 0 saturated carbocycles. The molecule has 2 fully saturated rings. The molecule has 2 heterocycles. The van der Waals surface area contributed by atoms with Crippen LogP contribution in [-0.2, 0) is 9.16 Å². The Hall–Kier alpha value is -0.413. The molecule has 96 valence electrons. The fourth-order valence-corrected chi connectivity index (χ4v) is 5.84. The van der Waals surface area contributed by atoms with Crippen LogP contribution < -0.4 is 0 Å². The van der Waals surface area contributed by atoms with E-state index >= 15 is 0 Å². The molecule has 0 bridgehead atoms. The molecule has 17 heavy (non-hydrogen) atoms. The highest BCUT2D eigenvalue weighted by Gasteiger charge is 2.52. The molecule has 2 saturated heterocycles. The third-order valence-electron chi connectivity index (χ3n) is 3.83. The number of rotatable bonds is 2. The lowest BCUT2D eigenvalue weighted by Gasteiger charge is -2.40. The van der Waals surface area contributed by atoms with Gasteiger partial charge in [-0.05, 0) is 32.5 Å². The third-order valence-corrected chi connectivity index (χ3v) is 6.19. The zero-order valence-electron chi connectivity index (χ0n) is 10.7. The summed E-state index contributed by atoms with van der Waals surface area (Å²) in [7, 11) is -1.64. The Balaban J connectivity index is 2.12. The Morgan fingerprint density at radius 2 is 2.18 bits per heavy atom. The first-order valence-corrected chi connectivity index (χ1v) is 9.44. The normalized spacial score (nSPS) is 44.1. The number of ether oxygens (including phenoxy) is 1. The van der Waals surface area contributed by atoms with Gasteiger partial charge in [-0.25, -0.2) is 0 Å². The van der Waals surface area contributed by atoms with Crippen molar-refractivity contribution in [1.82, 2.24) is 0 Å². The molecule has 0 amide bonds. The smallest absolute Gasteiger partial charge is 0.187 e. The molecule has 0 unspecified atom stereocenters. The van der Waals surface area contributed by atoms with E-state index in [1.54, 1.807) is 0 Å². The van der Waals surface area contributed by atoms with Crippen molar-refractivity contribution in [2.75, 3.05) is 0 Å². The summed E-state index contributed by atoms with van der Waals surface area (Å²) in [6.07, 6.45) is 0.549. The second-order valence-corrected chi connectivity index (χ2v) is 9.94. The lowest BCUT2D eigenvalue weighted by Crippen LogP contribution is -2.51. The van der Waals surface area contributed by atoms with Crippen LogP contribution in [0.3, 0.4) is 0 Å². The fraction of sp³-hybridized carbons (Fsp3) is 0.917. The van der Waals surface area contributed by atoms with Crippen LogP contribution in [0.1, 0.15) is 19.8 Å². The van der Waals surface area contributed by atoms with Gasteiger partial charge in [0, 0.05) is 12.3 Å². The number of nitriles is 1. The highest BCUT2D eigenvalue weighted by molar-refractivity contribution is 6.71. The Morgan fingerprint density at radius 1 is 1.47 bits per heavy atom. The van der Waals surface area contributed by atoms with Crippen LogP contribution in [0.2, 0.25) is 19.1 Å². The van der Waals surface area contributed by atoms with Gasteiger partial charge in [-0.3, -0.25) is 0 Å². The van der Waals surface area contributed by atoms with Crippen LogP contribution >= 0.6 is 0 Å². The molecule has 0 radical (unpaired) electrons. The molecule has 5 atom stereocenters. The predicted octanol–water partition coefficient (Wildman–Crippen LogP) is 1.66. The summed E-state index contributed by atoms with van der Waals surface area (Å²) < 4.78 is 11.9. The number of hydrogen-bond donors (Lipinski definition) is 1. The maximum atomic E-state index is 10.1. The van der Waals surface area contributed by atoms with Gasteiger partial charge < -0.3 is 14.3 Å². The summed E-state index contributed by atoms with van der Waals surface area (Å²) >= 11 is 0. The number of nitrogens with zero attached hydrogens (tertiary/aromatic N) is 1. The Labute approximate surface area is 104 Å². The average molecular weight is 255 g/mol. The molecule has 2 aliphatic rings. The van der Waals surface area contributed by atoms with E-state index < -0.39 is 14.4 Å². The largest absolute Gasteiger partial charge is 0.411 e. The van der Waals surface area contributed by atoms with Crippen LogP contribution in [0, 0.1) is 17.2 Å². The van der Waals surface area contributed by atoms with Crippen molar-refractivity contribution in [3.63, 3.8) is 0 Å². The van der Waals surface area contributed by atoms with Crippen LogP contribution in [-0.4, -0.2) is 37.8 Å². The molecule has 1 N–H and O–H groups in total. The summed E-state index contributed by atoms with van der Waals surface area (Å²) in [4.78, 5) is 0. The quantitative estimate of drug-likeness (QED) is 0.762. The number of aliphatic hydroxyl groups excluding tert-OH is 1. The minimum absolute atomic E-state index is 0.0762. The van der Waals surface area contributed by atoms with Gasteiger partial charge in [0.15, 0.2) is 8.32 Å². The van der Waals surface area contributed by atoms with Crippen molar-refractivity contribution in [1.29, 1.82) is 5.26 Å². The maximum absolute atomic E-state index is 10.1. The average Bonchev–Trinajstić information content (AvgIpc) is 2.58. The zero-order valence-corrected chi connectivity index (χ0v) is 11.7. The minimum Gasteiger partial charge on any atom is -0.411 e. The molecule has 5 heteroatoms. The van der Waals surface area contributed by atoms with Crippen molar-refractivity contribution in [2.45, 2.75) is 63.3 Å². The lowest BCUT2D eigenvalue weighted by molar-refractivity contribution is -0.175. The van der Waals surface area contributed by atoms with E-state index in [1.165, 1.54) is 0 Å². The maximum Gasteiger partial charge on any atom is 0.187 e. The number of hydrogen-bond acceptors (Lipinski definition) is 4. The first kappa shape index (κ1) is 13.0. The second-order valence-electron chi connectivity index (χ2n) is 5.78. The number of aliphatic hydroxyl groups is 1. The van der Waals surface area contributed by atoms with E-state index in [4.69, 9.17) is 14.4 Å². The van der Waals surface area contributed by atoms with Gasteiger partial charge in [-0.15, -0.1) is 0 Å². The summed E-state index contributed by atoms with van der Waals surface area (Å²) in [5.74, 6) is 0.274. The highest BCUT2D eigenvalue weighted by atomic mass is 28.4. The van der Waals surface area contributed by atoms with Gasteiger partial charge >= 0.3 is 0 Å². The van der Waals surface area contributed by atoms with E-state index in [9.17, 15) is 5.11 Å². The summed E-state index contributed by atoms with van der Waals surface area (Å²) in [6, 6.07) is 3.20. The first-order chi connectivity index (χ1) is 7.94. The zero-order chi connectivity index (χ0) is 12.6. The second kappa shape index (κ2) is 4.69. The van der Waals surface area contributed by atoms with Crippen LogP contribution in [0.5, 0.6) is 0 Å². The van der Waals surface area contributed by atoms with Gasteiger partial charge in [0.05, 0.1) is 24.4 Å². The molecule has 0 spiro atoms. The molecule has 2 aliphatic heterocycles. The van der Waals surface area contributed by atoms with Crippen molar-refractivity contribution in [3.05, 3.63) is 0 Å². The molecule has 0 aromatic rings. The van der Waals surface area contributed by atoms with Crippen LogP contribution in [0.15, 0.2) is 0 Å². The number of fused-ring (bicyclic) bond motifs is 1. The Kier molecular flexibility index (Phi) is 3.60. The molecule has 0 aromatic carbocycles. The van der Waals surface area contributed by atoms with E-state index in [0.717, 1.165) is 12.5 Å². The molecule has 2 rings (SSSR count). The minimum atomic E-state index is -1.64. The molecular formula is C12H21NO3Si. The lowest BCUT2D eigenvalue weighted by atomic mass is 9.86. The SMILES string of the molecule is C[C@@H]1O[C@@H](CCC#N)[C@@H]2C[Si](C)(C)O[C@@H]2[C@H]1O. The van der Waals surface area contributed by atoms with Crippen molar-refractivity contribution in [3.8, 4) is 6.07 Å². The summed E-state index contributed by atoms with van der Waals surface area (Å²) in [5.41, 5.74) is 0. The van der Waals surface area contributed by atoms with Gasteiger partial charge in [0.1, 0.15) is 6.10 Å². The van der Waals surface area contributed by atoms with Crippen molar-refractivity contribution >= 4 is 8.32 Å². The van der Waals surface area contributed by atoms with E-state index in [-0.39, 0.29) is 24.2 Å². The van der Waals surface area contributed by atoms with Gasteiger partial charge in [-0.1, -0.05) is 0 Å². The van der Waals surface area contributed by atoms with Gasteiger partial charge in [-0.2, -0.15) is 5.26 Å². The Morgan fingerprint density at radius 3 is 2.82 bits per heavy atom. The molecule has 0 aromatic heterocycles. The van der Waals surface area contributed by atoms with Gasteiger partial charge in [0.25, 0.3) is 0 Å². The fourth-order valence-electron chi connectivity index (χ4n) is 3.07.